The molecule has 0 spiro atoms. The van der Waals surface area contributed by atoms with Gasteiger partial charge in [-0.25, -0.2) is 0 Å². The Hall–Kier alpha value is -0.820. The van der Waals surface area contributed by atoms with Gasteiger partial charge in [0.2, 0.25) is 0 Å². The molecule has 3 atom stereocenters. The first-order valence-corrected chi connectivity index (χ1v) is 8.58. The smallest absolute Gasteiger partial charge is 0.0320 e. The van der Waals surface area contributed by atoms with E-state index in [0.717, 1.165) is 11.8 Å². The lowest BCUT2D eigenvalue weighted by Gasteiger charge is -2.21. The molecule has 0 saturated heterocycles. The Morgan fingerprint density at radius 3 is 2.60 bits per heavy atom. The molecule has 112 valence electrons. The van der Waals surface area contributed by atoms with Gasteiger partial charge in [0, 0.05) is 6.04 Å². The molecule has 1 saturated carbocycles. The van der Waals surface area contributed by atoms with Crippen molar-refractivity contribution in [2.45, 2.75) is 64.8 Å². The summed E-state index contributed by atoms with van der Waals surface area (Å²) in [6.07, 6.45) is 9.55. The summed E-state index contributed by atoms with van der Waals surface area (Å²) in [6.45, 7) is 5.89. The first-order chi connectivity index (χ1) is 9.79. The van der Waals surface area contributed by atoms with E-state index in [1.165, 1.54) is 57.1 Å². The first-order valence-electron chi connectivity index (χ1n) is 8.58. The van der Waals surface area contributed by atoms with Gasteiger partial charge >= 0.3 is 0 Å². The third-order valence-electron chi connectivity index (χ3n) is 4.75. The minimum Gasteiger partial charge on any atom is -0.310 e. The van der Waals surface area contributed by atoms with E-state index >= 15 is 0 Å². The predicted octanol–water partition coefficient (Wildman–Crippen LogP) is 5.33. The summed E-state index contributed by atoms with van der Waals surface area (Å²) in [4.78, 5) is 0. The van der Waals surface area contributed by atoms with Crippen LogP contribution < -0.4 is 5.32 Å². The summed E-state index contributed by atoms with van der Waals surface area (Å²) in [7, 11) is 0. The van der Waals surface area contributed by atoms with Crippen LogP contribution in [0.4, 0.5) is 0 Å². The molecular weight excluding hydrogens is 242 g/mol. The van der Waals surface area contributed by atoms with Crippen LogP contribution in [0.1, 0.15) is 70.4 Å². The quantitative estimate of drug-likeness (QED) is 0.631. The largest absolute Gasteiger partial charge is 0.310 e. The number of unbranched alkanes of at least 4 members (excludes halogenated alkanes) is 2. The Kier molecular flexibility index (Phi) is 6.59. The average Bonchev–Trinajstić information content (AvgIpc) is 2.89. The van der Waals surface area contributed by atoms with Gasteiger partial charge in [-0.3, -0.25) is 0 Å². The standard InChI is InChI=1S/C19H31N/c1-3-4-6-11-19(18-9-7-5-8-10-18)20-15-17-13-12-16(2)14-17/h5,7-10,16-17,19-20H,3-4,6,11-15H2,1-2H3. The van der Waals surface area contributed by atoms with Gasteiger partial charge in [-0.1, -0.05) is 69.9 Å². The van der Waals surface area contributed by atoms with Crippen molar-refractivity contribution < 1.29 is 0 Å². The SMILES string of the molecule is CCCCCC(NCC1CCC(C)C1)c1ccccc1. The molecule has 1 aromatic carbocycles. The Morgan fingerprint density at radius 2 is 1.95 bits per heavy atom. The molecule has 1 aliphatic rings. The van der Waals surface area contributed by atoms with Crippen LogP contribution in [0.3, 0.4) is 0 Å². The number of nitrogens with one attached hydrogen (secondary N) is 1. The van der Waals surface area contributed by atoms with Crippen molar-refractivity contribution in [2.75, 3.05) is 6.54 Å². The van der Waals surface area contributed by atoms with Gasteiger partial charge in [0.1, 0.15) is 0 Å². The van der Waals surface area contributed by atoms with Gasteiger partial charge in [0.15, 0.2) is 0 Å². The monoisotopic (exact) mass is 273 g/mol. The Bertz CT molecular complexity index is 359. The summed E-state index contributed by atoms with van der Waals surface area (Å²) in [6, 6.07) is 11.6. The Balaban J connectivity index is 1.85. The zero-order valence-corrected chi connectivity index (χ0v) is 13.3. The van der Waals surface area contributed by atoms with Gasteiger partial charge in [0.25, 0.3) is 0 Å². The molecule has 1 aromatic rings. The number of benzene rings is 1. The van der Waals surface area contributed by atoms with Crippen molar-refractivity contribution in [2.24, 2.45) is 11.8 Å². The lowest BCUT2D eigenvalue weighted by molar-refractivity contribution is 0.406. The molecule has 0 bridgehead atoms. The third kappa shape index (κ3) is 4.94. The van der Waals surface area contributed by atoms with Crippen molar-refractivity contribution in [1.29, 1.82) is 0 Å². The summed E-state index contributed by atoms with van der Waals surface area (Å²) in [5.74, 6) is 1.85. The second kappa shape index (κ2) is 8.46. The number of hydrogen-bond acceptors (Lipinski definition) is 1. The third-order valence-corrected chi connectivity index (χ3v) is 4.75. The number of hydrogen-bond donors (Lipinski definition) is 1. The fraction of sp³-hybridized carbons (Fsp3) is 0.684. The van der Waals surface area contributed by atoms with Gasteiger partial charge in [-0.2, -0.15) is 0 Å². The van der Waals surface area contributed by atoms with Crippen molar-refractivity contribution in [3.8, 4) is 0 Å². The van der Waals surface area contributed by atoms with Gasteiger partial charge in [-0.15, -0.1) is 0 Å². The van der Waals surface area contributed by atoms with Crippen LogP contribution in [0.15, 0.2) is 30.3 Å². The lowest BCUT2D eigenvalue weighted by Crippen LogP contribution is -2.26. The van der Waals surface area contributed by atoms with Crippen molar-refractivity contribution >= 4 is 0 Å². The molecule has 0 amide bonds. The highest BCUT2D eigenvalue weighted by Gasteiger charge is 2.22. The zero-order valence-electron chi connectivity index (χ0n) is 13.3. The van der Waals surface area contributed by atoms with Crippen LogP contribution >= 0.6 is 0 Å². The lowest BCUT2D eigenvalue weighted by atomic mass is 9.99. The second-order valence-electron chi connectivity index (χ2n) is 6.65. The Labute approximate surface area is 125 Å². The molecule has 20 heavy (non-hydrogen) atoms. The predicted molar refractivity (Wildman–Crippen MR) is 87.8 cm³/mol. The highest BCUT2D eigenvalue weighted by Crippen LogP contribution is 2.30. The highest BCUT2D eigenvalue weighted by atomic mass is 14.9. The van der Waals surface area contributed by atoms with Crippen molar-refractivity contribution in [1.82, 2.24) is 5.32 Å². The van der Waals surface area contributed by atoms with Crippen LogP contribution in [-0.4, -0.2) is 6.54 Å². The van der Waals surface area contributed by atoms with Gasteiger partial charge < -0.3 is 5.32 Å². The van der Waals surface area contributed by atoms with E-state index in [2.05, 4.69) is 49.5 Å². The van der Waals surface area contributed by atoms with Crippen molar-refractivity contribution in [3.05, 3.63) is 35.9 Å². The minimum absolute atomic E-state index is 0.554. The fourth-order valence-corrected chi connectivity index (χ4v) is 3.49. The maximum atomic E-state index is 3.86. The second-order valence-corrected chi connectivity index (χ2v) is 6.65. The van der Waals surface area contributed by atoms with E-state index in [-0.39, 0.29) is 0 Å². The molecule has 0 radical (unpaired) electrons. The molecule has 1 nitrogen and oxygen atoms in total. The minimum atomic E-state index is 0.554. The van der Waals surface area contributed by atoms with Crippen LogP contribution in [0.25, 0.3) is 0 Å². The molecule has 1 fully saturated rings. The molecule has 1 aliphatic carbocycles. The summed E-state index contributed by atoms with van der Waals surface area (Å²) in [5, 5.41) is 3.86. The summed E-state index contributed by atoms with van der Waals surface area (Å²) in [5.41, 5.74) is 1.47. The van der Waals surface area contributed by atoms with E-state index in [1.807, 2.05) is 0 Å². The maximum absolute atomic E-state index is 3.86. The zero-order chi connectivity index (χ0) is 14.2. The van der Waals surface area contributed by atoms with Crippen LogP contribution in [0, 0.1) is 11.8 Å². The van der Waals surface area contributed by atoms with E-state index in [0.29, 0.717) is 6.04 Å². The van der Waals surface area contributed by atoms with Gasteiger partial charge in [-0.05, 0) is 43.2 Å². The molecule has 0 aromatic heterocycles. The normalized spacial score (nSPS) is 23.9. The first kappa shape index (κ1) is 15.6. The molecule has 1 heteroatoms. The molecule has 0 heterocycles. The Morgan fingerprint density at radius 1 is 1.15 bits per heavy atom. The van der Waals surface area contributed by atoms with Gasteiger partial charge in [0.05, 0.1) is 0 Å². The topological polar surface area (TPSA) is 12.0 Å². The highest BCUT2D eigenvalue weighted by molar-refractivity contribution is 5.18. The van der Waals surface area contributed by atoms with E-state index in [9.17, 15) is 0 Å². The molecular formula is C19H31N. The molecule has 2 rings (SSSR count). The van der Waals surface area contributed by atoms with Crippen molar-refractivity contribution in [3.63, 3.8) is 0 Å². The fourth-order valence-electron chi connectivity index (χ4n) is 3.49. The van der Waals surface area contributed by atoms with E-state index < -0.39 is 0 Å². The molecule has 3 unspecified atom stereocenters. The van der Waals surface area contributed by atoms with E-state index in [4.69, 9.17) is 0 Å². The average molecular weight is 273 g/mol. The van der Waals surface area contributed by atoms with Crippen LogP contribution in [0.5, 0.6) is 0 Å². The van der Waals surface area contributed by atoms with Crippen LogP contribution in [-0.2, 0) is 0 Å². The van der Waals surface area contributed by atoms with E-state index in [1.54, 1.807) is 0 Å². The summed E-state index contributed by atoms with van der Waals surface area (Å²) < 4.78 is 0. The molecule has 0 aliphatic heterocycles. The summed E-state index contributed by atoms with van der Waals surface area (Å²) >= 11 is 0. The number of rotatable bonds is 8. The van der Waals surface area contributed by atoms with Crippen LogP contribution in [0.2, 0.25) is 0 Å². The maximum Gasteiger partial charge on any atom is 0.0320 e. The molecule has 1 N–H and O–H groups in total.